The monoisotopic (exact) mass is 281 g/mol. The molecule has 112 valence electrons. The molecule has 0 aromatic rings. The fraction of sp³-hybridized carbons (Fsp3) is 0.857. The van der Waals surface area contributed by atoms with Crippen LogP contribution in [0.3, 0.4) is 0 Å². The average Bonchev–Trinajstić information content (AvgIpc) is 2.54. The Kier molecular flexibility index (Phi) is 4.21. The minimum absolute atomic E-state index is 0.108. The Hall–Kier alpha value is -1.14. The van der Waals surface area contributed by atoms with E-state index in [0.29, 0.717) is 26.2 Å². The van der Waals surface area contributed by atoms with Crippen LogP contribution in [0.25, 0.3) is 0 Å². The van der Waals surface area contributed by atoms with Crippen LogP contribution in [-0.4, -0.2) is 73.1 Å². The van der Waals surface area contributed by atoms with Crippen molar-refractivity contribution in [2.75, 3.05) is 39.3 Å². The standard InChI is InChI=1S/C14H23N3O3/c18-13(16-7-5-15-6-8-16)14(19)17-9-10-20-12-4-2-1-3-11(12)17/h11-12,15H,1-10H2. The van der Waals surface area contributed by atoms with E-state index < -0.39 is 0 Å². The van der Waals surface area contributed by atoms with Crippen LogP contribution in [0.1, 0.15) is 25.7 Å². The molecular formula is C14H23N3O3. The van der Waals surface area contributed by atoms with E-state index in [1.807, 2.05) is 0 Å². The van der Waals surface area contributed by atoms with E-state index in [0.717, 1.165) is 38.8 Å². The number of hydrogen-bond acceptors (Lipinski definition) is 4. The van der Waals surface area contributed by atoms with Gasteiger partial charge in [0.25, 0.3) is 0 Å². The van der Waals surface area contributed by atoms with Gasteiger partial charge in [-0.3, -0.25) is 9.59 Å². The molecule has 1 saturated carbocycles. The van der Waals surface area contributed by atoms with Crippen LogP contribution in [0.2, 0.25) is 0 Å². The van der Waals surface area contributed by atoms with Crippen molar-refractivity contribution < 1.29 is 14.3 Å². The zero-order valence-corrected chi connectivity index (χ0v) is 11.8. The SMILES string of the molecule is O=C(C(=O)N1CCOC2CCCCC21)N1CCNCC1. The van der Waals surface area contributed by atoms with E-state index in [4.69, 9.17) is 4.74 Å². The molecule has 3 aliphatic rings. The summed E-state index contributed by atoms with van der Waals surface area (Å²) in [6.07, 6.45) is 4.39. The van der Waals surface area contributed by atoms with Crippen molar-refractivity contribution >= 4 is 11.8 Å². The second-order valence-corrected chi connectivity index (χ2v) is 5.80. The lowest BCUT2D eigenvalue weighted by Crippen LogP contribution is -2.59. The van der Waals surface area contributed by atoms with Gasteiger partial charge in [0.2, 0.25) is 0 Å². The summed E-state index contributed by atoms with van der Waals surface area (Å²) in [5.74, 6) is -0.662. The maximum absolute atomic E-state index is 12.5. The number of fused-ring (bicyclic) bond motifs is 1. The Balaban J connectivity index is 1.66. The molecule has 2 atom stereocenters. The van der Waals surface area contributed by atoms with E-state index in [2.05, 4.69) is 5.32 Å². The minimum atomic E-state index is -0.335. The number of amides is 2. The molecule has 2 heterocycles. The Morgan fingerprint density at radius 1 is 1.00 bits per heavy atom. The molecule has 0 radical (unpaired) electrons. The molecule has 2 saturated heterocycles. The van der Waals surface area contributed by atoms with Gasteiger partial charge in [-0.2, -0.15) is 0 Å². The maximum Gasteiger partial charge on any atom is 0.312 e. The van der Waals surface area contributed by atoms with Gasteiger partial charge < -0.3 is 19.9 Å². The lowest BCUT2D eigenvalue weighted by Gasteiger charge is -2.44. The normalized spacial score (nSPS) is 30.8. The average molecular weight is 281 g/mol. The van der Waals surface area contributed by atoms with Crippen molar-refractivity contribution in [3.05, 3.63) is 0 Å². The van der Waals surface area contributed by atoms with Gasteiger partial charge in [0.1, 0.15) is 0 Å². The van der Waals surface area contributed by atoms with E-state index in [1.54, 1.807) is 9.80 Å². The summed E-state index contributed by atoms with van der Waals surface area (Å²) in [5.41, 5.74) is 0. The Morgan fingerprint density at radius 3 is 2.55 bits per heavy atom. The molecule has 0 spiro atoms. The van der Waals surface area contributed by atoms with Crippen LogP contribution in [0.4, 0.5) is 0 Å². The highest BCUT2D eigenvalue weighted by molar-refractivity contribution is 6.35. The van der Waals surface area contributed by atoms with Crippen molar-refractivity contribution in [2.24, 2.45) is 0 Å². The fourth-order valence-corrected chi connectivity index (χ4v) is 3.47. The van der Waals surface area contributed by atoms with E-state index in [1.165, 1.54) is 0 Å². The number of rotatable bonds is 0. The van der Waals surface area contributed by atoms with Crippen molar-refractivity contribution in [2.45, 2.75) is 37.8 Å². The minimum Gasteiger partial charge on any atom is -0.374 e. The van der Waals surface area contributed by atoms with Gasteiger partial charge in [-0.1, -0.05) is 12.8 Å². The zero-order chi connectivity index (χ0) is 13.9. The van der Waals surface area contributed by atoms with Crippen molar-refractivity contribution in [1.29, 1.82) is 0 Å². The van der Waals surface area contributed by atoms with Crippen LogP contribution in [0.15, 0.2) is 0 Å². The van der Waals surface area contributed by atoms with Gasteiger partial charge in [-0.25, -0.2) is 0 Å². The van der Waals surface area contributed by atoms with Gasteiger partial charge in [0.05, 0.1) is 18.8 Å². The molecule has 2 aliphatic heterocycles. The van der Waals surface area contributed by atoms with Gasteiger partial charge >= 0.3 is 11.8 Å². The number of ether oxygens (including phenoxy) is 1. The lowest BCUT2D eigenvalue weighted by molar-refractivity contribution is -0.162. The van der Waals surface area contributed by atoms with Crippen LogP contribution in [-0.2, 0) is 14.3 Å². The van der Waals surface area contributed by atoms with E-state index >= 15 is 0 Å². The molecule has 1 aliphatic carbocycles. The molecular weight excluding hydrogens is 258 g/mol. The second kappa shape index (κ2) is 6.10. The van der Waals surface area contributed by atoms with E-state index in [-0.39, 0.29) is 24.0 Å². The smallest absolute Gasteiger partial charge is 0.312 e. The number of piperazine rings is 1. The third kappa shape index (κ3) is 2.67. The number of carbonyl (C=O) groups excluding carboxylic acids is 2. The van der Waals surface area contributed by atoms with Gasteiger partial charge in [0.15, 0.2) is 0 Å². The molecule has 6 nitrogen and oxygen atoms in total. The number of nitrogens with zero attached hydrogens (tertiary/aromatic N) is 2. The third-order valence-electron chi connectivity index (χ3n) is 4.58. The molecule has 1 N–H and O–H groups in total. The highest BCUT2D eigenvalue weighted by Gasteiger charge is 2.39. The number of hydrogen-bond donors (Lipinski definition) is 1. The molecule has 0 aromatic carbocycles. The summed E-state index contributed by atoms with van der Waals surface area (Å²) in [4.78, 5) is 28.3. The predicted molar refractivity (Wildman–Crippen MR) is 73.2 cm³/mol. The highest BCUT2D eigenvalue weighted by Crippen LogP contribution is 2.28. The quantitative estimate of drug-likeness (QED) is 0.613. The van der Waals surface area contributed by atoms with Crippen LogP contribution in [0, 0.1) is 0 Å². The molecule has 6 heteroatoms. The Morgan fingerprint density at radius 2 is 1.75 bits per heavy atom. The number of nitrogens with one attached hydrogen (secondary N) is 1. The third-order valence-corrected chi connectivity index (χ3v) is 4.58. The molecule has 0 bridgehead atoms. The summed E-state index contributed by atoms with van der Waals surface area (Å²) in [6.45, 7) is 3.91. The zero-order valence-electron chi connectivity index (χ0n) is 11.8. The summed E-state index contributed by atoms with van der Waals surface area (Å²) >= 11 is 0. The van der Waals surface area contributed by atoms with Crippen molar-refractivity contribution in [3.8, 4) is 0 Å². The Labute approximate surface area is 119 Å². The Bertz CT molecular complexity index is 380. The summed E-state index contributed by atoms with van der Waals surface area (Å²) in [7, 11) is 0. The molecule has 2 amide bonds. The summed E-state index contributed by atoms with van der Waals surface area (Å²) < 4.78 is 5.76. The first kappa shape index (κ1) is 13.8. The van der Waals surface area contributed by atoms with Gasteiger partial charge in [-0.05, 0) is 12.8 Å². The fourth-order valence-electron chi connectivity index (χ4n) is 3.47. The second-order valence-electron chi connectivity index (χ2n) is 5.80. The van der Waals surface area contributed by atoms with Crippen LogP contribution < -0.4 is 5.32 Å². The highest BCUT2D eigenvalue weighted by atomic mass is 16.5. The molecule has 2 unspecified atom stereocenters. The van der Waals surface area contributed by atoms with Crippen LogP contribution in [0.5, 0.6) is 0 Å². The van der Waals surface area contributed by atoms with Crippen molar-refractivity contribution in [1.82, 2.24) is 15.1 Å². The molecule has 3 fully saturated rings. The number of carbonyl (C=O) groups is 2. The van der Waals surface area contributed by atoms with Gasteiger partial charge in [0, 0.05) is 32.7 Å². The first-order chi connectivity index (χ1) is 9.77. The first-order valence-electron chi connectivity index (χ1n) is 7.69. The van der Waals surface area contributed by atoms with Crippen molar-refractivity contribution in [3.63, 3.8) is 0 Å². The molecule has 3 rings (SSSR count). The van der Waals surface area contributed by atoms with Gasteiger partial charge in [-0.15, -0.1) is 0 Å². The maximum atomic E-state index is 12.5. The largest absolute Gasteiger partial charge is 0.374 e. The molecule has 20 heavy (non-hydrogen) atoms. The lowest BCUT2D eigenvalue weighted by atomic mass is 9.90. The topological polar surface area (TPSA) is 61.9 Å². The first-order valence-corrected chi connectivity index (χ1v) is 7.69. The predicted octanol–water partition coefficient (Wildman–Crippen LogP) is -0.412. The molecule has 0 aromatic heterocycles. The number of morpholine rings is 1. The summed E-state index contributed by atoms with van der Waals surface area (Å²) in [6, 6.07) is 0.108. The van der Waals surface area contributed by atoms with E-state index in [9.17, 15) is 9.59 Å². The van der Waals surface area contributed by atoms with Crippen LogP contribution >= 0.6 is 0 Å². The summed E-state index contributed by atoms with van der Waals surface area (Å²) in [5, 5.41) is 3.19.